The average Bonchev–Trinajstić information content (AvgIpc) is 2.83. The number of fused-ring (bicyclic) bond motifs is 1. The zero-order chi connectivity index (χ0) is 24.7. The first-order valence-electron chi connectivity index (χ1n) is 11.9. The number of carbonyl (C=O) groups is 2. The summed E-state index contributed by atoms with van der Waals surface area (Å²) in [5.41, 5.74) is 2.17. The lowest BCUT2D eigenvalue weighted by Gasteiger charge is -2.37. The van der Waals surface area contributed by atoms with Crippen LogP contribution in [-0.2, 0) is 6.42 Å². The lowest BCUT2D eigenvalue weighted by Crippen LogP contribution is -2.50. The van der Waals surface area contributed by atoms with E-state index in [-0.39, 0.29) is 28.2 Å². The van der Waals surface area contributed by atoms with Gasteiger partial charge in [0.2, 0.25) is 0 Å². The van der Waals surface area contributed by atoms with Gasteiger partial charge < -0.3 is 9.80 Å². The van der Waals surface area contributed by atoms with E-state index in [2.05, 4.69) is 4.90 Å². The molecule has 1 saturated heterocycles. The number of aromatic nitrogens is 1. The number of hydrogen-bond donors (Lipinski definition) is 0. The van der Waals surface area contributed by atoms with Crippen molar-refractivity contribution in [1.82, 2.24) is 9.47 Å². The van der Waals surface area contributed by atoms with E-state index >= 15 is 0 Å². The molecule has 0 N–H and O–H groups in total. The van der Waals surface area contributed by atoms with E-state index < -0.39 is 0 Å². The molecule has 180 valence electrons. The van der Waals surface area contributed by atoms with Crippen molar-refractivity contribution in [2.45, 2.75) is 26.7 Å². The van der Waals surface area contributed by atoms with Gasteiger partial charge in [-0.25, -0.2) is 0 Å². The van der Waals surface area contributed by atoms with Crippen molar-refractivity contribution in [2.24, 2.45) is 5.41 Å². The van der Waals surface area contributed by atoms with Gasteiger partial charge in [0.25, 0.3) is 11.5 Å². The third kappa shape index (κ3) is 4.50. The van der Waals surface area contributed by atoms with Crippen molar-refractivity contribution >= 4 is 29.0 Å². The van der Waals surface area contributed by atoms with Gasteiger partial charge >= 0.3 is 0 Å². The lowest BCUT2D eigenvalue weighted by atomic mass is 9.73. The number of anilines is 1. The minimum absolute atomic E-state index is 0.0271. The Morgan fingerprint density at radius 1 is 0.886 bits per heavy atom. The van der Waals surface area contributed by atoms with Crippen molar-refractivity contribution in [3.8, 4) is 5.69 Å². The van der Waals surface area contributed by atoms with Gasteiger partial charge in [-0.2, -0.15) is 0 Å². The zero-order valence-electron chi connectivity index (χ0n) is 20.0. The number of piperazine rings is 1. The van der Waals surface area contributed by atoms with E-state index in [9.17, 15) is 14.4 Å². The highest BCUT2D eigenvalue weighted by molar-refractivity contribution is 6.30. The summed E-state index contributed by atoms with van der Waals surface area (Å²) in [6.45, 7) is 6.26. The first-order valence-corrected chi connectivity index (χ1v) is 12.3. The molecule has 1 aromatic heterocycles. The number of ketones is 1. The van der Waals surface area contributed by atoms with Gasteiger partial charge in [0.05, 0.1) is 0 Å². The molecule has 0 atom stereocenters. The predicted octanol–water partition coefficient (Wildman–Crippen LogP) is 4.61. The quantitative estimate of drug-likeness (QED) is 0.539. The second-order valence-electron chi connectivity index (χ2n) is 10.1. The molecule has 5 rings (SSSR count). The zero-order valence-corrected chi connectivity index (χ0v) is 20.7. The molecule has 2 aromatic carbocycles. The van der Waals surface area contributed by atoms with Crippen LogP contribution in [0.1, 0.15) is 46.5 Å². The molecule has 0 spiro atoms. The van der Waals surface area contributed by atoms with Crippen LogP contribution in [-0.4, -0.2) is 47.3 Å². The SMILES string of the molecule is CC1(C)CC(=O)c2cn(-c3ccccc3)c(=O)c(C(=O)N3CCN(c4cccc(Cl)c4)CC3)c2C1. The molecule has 0 unspecified atom stereocenters. The van der Waals surface area contributed by atoms with E-state index in [1.807, 2.05) is 68.4 Å². The van der Waals surface area contributed by atoms with Crippen molar-refractivity contribution < 1.29 is 9.59 Å². The lowest BCUT2D eigenvalue weighted by molar-refractivity contribution is 0.0742. The van der Waals surface area contributed by atoms with Crippen LogP contribution in [0.4, 0.5) is 5.69 Å². The summed E-state index contributed by atoms with van der Waals surface area (Å²) in [5.74, 6) is -0.325. The minimum atomic E-state index is -0.372. The summed E-state index contributed by atoms with van der Waals surface area (Å²) in [7, 11) is 0. The van der Waals surface area contributed by atoms with Crippen LogP contribution in [0.2, 0.25) is 5.02 Å². The van der Waals surface area contributed by atoms with Gasteiger partial charge in [-0.1, -0.05) is 49.7 Å². The van der Waals surface area contributed by atoms with Crippen LogP contribution >= 0.6 is 11.6 Å². The highest BCUT2D eigenvalue weighted by atomic mass is 35.5. The number of halogens is 1. The Balaban J connectivity index is 1.52. The summed E-state index contributed by atoms with van der Waals surface area (Å²) in [4.78, 5) is 44.6. The number of carbonyl (C=O) groups excluding carboxylic acids is 2. The number of amides is 1. The number of Topliss-reactive ketones (excluding diaryl/α,β-unsaturated/α-hetero) is 1. The highest BCUT2D eigenvalue weighted by Crippen LogP contribution is 2.36. The van der Waals surface area contributed by atoms with Crippen LogP contribution in [0.5, 0.6) is 0 Å². The van der Waals surface area contributed by atoms with Crippen LogP contribution in [0.3, 0.4) is 0 Å². The fourth-order valence-electron chi connectivity index (χ4n) is 5.14. The molecular formula is C28H28ClN3O3. The van der Waals surface area contributed by atoms with Crippen LogP contribution in [0.25, 0.3) is 5.69 Å². The Labute approximate surface area is 209 Å². The molecule has 7 heteroatoms. The molecule has 2 aliphatic rings. The van der Waals surface area contributed by atoms with Gasteiger partial charge in [0.1, 0.15) is 5.56 Å². The molecule has 2 heterocycles. The second-order valence-corrected chi connectivity index (χ2v) is 10.5. The Kier molecular flexibility index (Phi) is 6.01. The van der Waals surface area contributed by atoms with Crippen molar-refractivity contribution in [1.29, 1.82) is 0 Å². The van der Waals surface area contributed by atoms with E-state index in [1.54, 1.807) is 11.1 Å². The first kappa shape index (κ1) is 23.4. The number of benzene rings is 2. The Morgan fingerprint density at radius 3 is 2.26 bits per heavy atom. The first-order chi connectivity index (χ1) is 16.7. The van der Waals surface area contributed by atoms with Gasteiger partial charge in [-0.15, -0.1) is 0 Å². The monoisotopic (exact) mass is 489 g/mol. The summed E-state index contributed by atoms with van der Waals surface area (Å²) < 4.78 is 1.45. The molecule has 0 radical (unpaired) electrons. The summed E-state index contributed by atoms with van der Waals surface area (Å²) in [6.07, 6.45) is 2.53. The predicted molar refractivity (Wildman–Crippen MR) is 138 cm³/mol. The highest BCUT2D eigenvalue weighted by Gasteiger charge is 2.37. The molecule has 1 aliphatic heterocycles. The van der Waals surface area contributed by atoms with Crippen LogP contribution in [0, 0.1) is 5.41 Å². The molecule has 1 fully saturated rings. The molecule has 1 amide bonds. The largest absolute Gasteiger partial charge is 0.368 e. The summed E-state index contributed by atoms with van der Waals surface area (Å²) >= 11 is 6.15. The fourth-order valence-corrected chi connectivity index (χ4v) is 5.33. The maximum Gasteiger partial charge on any atom is 0.268 e. The third-order valence-corrected chi connectivity index (χ3v) is 7.14. The maximum absolute atomic E-state index is 13.9. The topological polar surface area (TPSA) is 62.6 Å². The molecule has 3 aromatic rings. The normalized spacial score (nSPS) is 17.3. The minimum Gasteiger partial charge on any atom is -0.368 e. The van der Waals surface area contributed by atoms with E-state index in [0.29, 0.717) is 60.9 Å². The van der Waals surface area contributed by atoms with Crippen LogP contribution < -0.4 is 10.5 Å². The van der Waals surface area contributed by atoms with Gasteiger partial charge in [-0.05, 0) is 47.7 Å². The van der Waals surface area contributed by atoms with E-state index in [4.69, 9.17) is 11.6 Å². The van der Waals surface area contributed by atoms with Crippen molar-refractivity contribution in [2.75, 3.05) is 31.1 Å². The molecule has 1 aliphatic carbocycles. The number of para-hydroxylation sites is 1. The molecule has 6 nitrogen and oxygen atoms in total. The van der Waals surface area contributed by atoms with Crippen molar-refractivity contribution in [3.05, 3.63) is 92.9 Å². The number of rotatable bonds is 3. The summed E-state index contributed by atoms with van der Waals surface area (Å²) in [6, 6.07) is 16.8. The number of hydrogen-bond acceptors (Lipinski definition) is 4. The van der Waals surface area contributed by atoms with Crippen LogP contribution in [0.15, 0.2) is 65.6 Å². The average molecular weight is 490 g/mol. The van der Waals surface area contributed by atoms with Crippen molar-refractivity contribution in [3.63, 3.8) is 0 Å². The molecule has 35 heavy (non-hydrogen) atoms. The Morgan fingerprint density at radius 2 is 1.57 bits per heavy atom. The number of pyridine rings is 1. The van der Waals surface area contributed by atoms with E-state index in [1.165, 1.54) is 4.57 Å². The maximum atomic E-state index is 13.9. The van der Waals surface area contributed by atoms with E-state index in [0.717, 1.165) is 5.69 Å². The number of nitrogens with zero attached hydrogens (tertiary/aromatic N) is 3. The molecular weight excluding hydrogens is 462 g/mol. The molecule has 0 bridgehead atoms. The smallest absolute Gasteiger partial charge is 0.268 e. The third-order valence-electron chi connectivity index (χ3n) is 6.90. The standard InChI is InChI=1S/C28H28ClN3O3/c1-28(2)16-22-23(24(33)17-28)18-32(20-8-4-3-5-9-20)27(35)25(22)26(34)31-13-11-30(12-14-31)21-10-6-7-19(29)15-21/h3-10,15,18H,11-14,16-17H2,1-2H3. The van der Waals surface area contributed by atoms with Gasteiger partial charge in [0, 0.05) is 60.8 Å². The van der Waals surface area contributed by atoms with Gasteiger partial charge in [0.15, 0.2) is 5.78 Å². The Bertz CT molecular complexity index is 1360. The summed E-state index contributed by atoms with van der Waals surface area (Å²) in [5, 5.41) is 0.672. The Hall–Kier alpha value is -3.38. The fraction of sp³-hybridized carbons (Fsp3) is 0.321. The van der Waals surface area contributed by atoms with Gasteiger partial charge in [-0.3, -0.25) is 19.0 Å². The second kappa shape index (κ2) is 9.00. The molecule has 0 saturated carbocycles.